The molecular weight excluding hydrogens is 205 g/mol. The Morgan fingerprint density at radius 2 is 1.93 bits per heavy atom. The highest BCUT2D eigenvalue weighted by molar-refractivity contribution is 5.82. The molecule has 0 saturated carbocycles. The molecule has 0 saturated heterocycles. The van der Waals surface area contributed by atoms with Crippen LogP contribution in [0.4, 0.5) is 13.2 Å². The van der Waals surface area contributed by atoms with Crippen LogP contribution in [-0.4, -0.2) is 9.55 Å². The van der Waals surface area contributed by atoms with Crippen molar-refractivity contribution in [2.45, 2.75) is 13.1 Å². The average molecular weight is 214 g/mol. The third-order valence-corrected chi connectivity index (χ3v) is 2.37. The molecule has 0 unspecified atom stereocenters. The average Bonchev–Trinajstić information content (AvgIpc) is 2.48. The smallest absolute Gasteiger partial charge is 0.333 e. The lowest BCUT2D eigenvalue weighted by Crippen LogP contribution is -2.07. The van der Waals surface area contributed by atoms with Gasteiger partial charge in [0.15, 0.2) is 0 Å². The molecule has 1 aromatic heterocycles. The van der Waals surface area contributed by atoms with E-state index >= 15 is 0 Å². The highest BCUT2D eigenvalue weighted by atomic mass is 19.4. The first-order chi connectivity index (χ1) is 6.91. The molecule has 0 aliphatic rings. The number of hydrogen-bond donors (Lipinski definition) is 0. The number of halogens is 3. The molecule has 80 valence electrons. The fraction of sp³-hybridized carbons (Fsp3) is 0.300. The van der Waals surface area contributed by atoms with Crippen molar-refractivity contribution in [1.29, 1.82) is 0 Å². The number of fused-ring (bicyclic) bond motifs is 1. The molecule has 1 aromatic carbocycles. The third kappa shape index (κ3) is 1.48. The maximum atomic E-state index is 12.7. The Bertz CT molecular complexity index is 511. The van der Waals surface area contributed by atoms with Crippen LogP contribution in [0.5, 0.6) is 0 Å². The zero-order chi connectivity index (χ0) is 11.2. The molecule has 2 rings (SSSR count). The Balaban J connectivity index is 2.87. The second-order valence-corrected chi connectivity index (χ2v) is 3.48. The van der Waals surface area contributed by atoms with E-state index in [4.69, 9.17) is 0 Å². The Hall–Kier alpha value is -1.52. The van der Waals surface area contributed by atoms with Gasteiger partial charge < -0.3 is 4.57 Å². The molecule has 1 heterocycles. The van der Waals surface area contributed by atoms with E-state index in [2.05, 4.69) is 4.98 Å². The van der Waals surface area contributed by atoms with Gasteiger partial charge in [0, 0.05) is 7.05 Å². The summed E-state index contributed by atoms with van der Waals surface area (Å²) in [6.07, 6.45) is -2.94. The van der Waals surface area contributed by atoms with E-state index in [0.717, 1.165) is 11.6 Å². The third-order valence-electron chi connectivity index (χ3n) is 2.37. The van der Waals surface area contributed by atoms with Crippen LogP contribution in [0.3, 0.4) is 0 Å². The SMILES string of the molecule is Cc1ccc(C(F)(F)F)c2c1ncn2C. The van der Waals surface area contributed by atoms with Crippen molar-refractivity contribution >= 4 is 11.0 Å². The maximum Gasteiger partial charge on any atom is 0.418 e. The van der Waals surface area contributed by atoms with Gasteiger partial charge in [-0.1, -0.05) is 6.07 Å². The normalized spacial score (nSPS) is 12.3. The molecule has 2 nitrogen and oxygen atoms in total. The molecule has 2 aromatic rings. The van der Waals surface area contributed by atoms with Gasteiger partial charge in [-0.05, 0) is 18.6 Å². The minimum atomic E-state index is -4.33. The quantitative estimate of drug-likeness (QED) is 0.659. The lowest BCUT2D eigenvalue weighted by atomic mass is 10.1. The van der Waals surface area contributed by atoms with E-state index < -0.39 is 11.7 Å². The van der Waals surface area contributed by atoms with Gasteiger partial charge in [-0.15, -0.1) is 0 Å². The van der Waals surface area contributed by atoms with E-state index in [9.17, 15) is 13.2 Å². The summed E-state index contributed by atoms with van der Waals surface area (Å²) in [6.45, 7) is 1.75. The Morgan fingerprint density at radius 3 is 2.53 bits per heavy atom. The summed E-state index contributed by atoms with van der Waals surface area (Å²) in [7, 11) is 1.56. The summed E-state index contributed by atoms with van der Waals surface area (Å²) in [5, 5.41) is 0. The lowest BCUT2D eigenvalue weighted by Gasteiger charge is -2.09. The molecule has 5 heteroatoms. The summed E-state index contributed by atoms with van der Waals surface area (Å²) < 4.78 is 39.4. The van der Waals surface area contributed by atoms with Crippen molar-refractivity contribution in [3.63, 3.8) is 0 Å². The molecule has 0 N–H and O–H groups in total. The molecule has 15 heavy (non-hydrogen) atoms. The highest BCUT2D eigenvalue weighted by Crippen LogP contribution is 2.35. The van der Waals surface area contributed by atoms with Gasteiger partial charge in [0.2, 0.25) is 0 Å². The number of hydrogen-bond acceptors (Lipinski definition) is 1. The Labute approximate surface area is 84.3 Å². The zero-order valence-electron chi connectivity index (χ0n) is 8.26. The van der Waals surface area contributed by atoms with Gasteiger partial charge in [0.1, 0.15) is 0 Å². The summed E-state index contributed by atoms with van der Waals surface area (Å²) in [5.74, 6) is 0. The molecule has 0 atom stereocenters. The van der Waals surface area contributed by atoms with Crippen LogP contribution < -0.4 is 0 Å². The molecule has 0 radical (unpaired) electrons. The van der Waals surface area contributed by atoms with Gasteiger partial charge in [0.05, 0.1) is 22.9 Å². The predicted molar refractivity (Wildman–Crippen MR) is 50.5 cm³/mol. The topological polar surface area (TPSA) is 17.8 Å². The molecular formula is C10H9F3N2. The second kappa shape index (κ2) is 2.98. The van der Waals surface area contributed by atoms with Crippen molar-refractivity contribution in [2.24, 2.45) is 7.05 Å². The van der Waals surface area contributed by atoms with E-state index in [1.54, 1.807) is 14.0 Å². The fourth-order valence-corrected chi connectivity index (χ4v) is 1.63. The van der Waals surface area contributed by atoms with E-state index in [1.807, 2.05) is 0 Å². The first-order valence-electron chi connectivity index (χ1n) is 4.39. The van der Waals surface area contributed by atoms with Gasteiger partial charge >= 0.3 is 6.18 Å². The molecule has 0 aliphatic heterocycles. The summed E-state index contributed by atoms with van der Waals surface area (Å²) >= 11 is 0. The van der Waals surface area contributed by atoms with Gasteiger partial charge in [-0.25, -0.2) is 4.98 Å². The Morgan fingerprint density at radius 1 is 1.27 bits per heavy atom. The zero-order valence-corrected chi connectivity index (χ0v) is 8.26. The van der Waals surface area contributed by atoms with Crippen LogP contribution in [0.15, 0.2) is 18.5 Å². The summed E-state index contributed by atoms with van der Waals surface area (Å²) in [6, 6.07) is 2.54. The van der Waals surface area contributed by atoms with Crippen LogP contribution in [0, 0.1) is 6.92 Å². The minimum absolute atomic E-state index is 0.141. The molecule has 0 amide bonds. The van der Waals surface area contributed by atoms with Crippen molar-refractivity contribution in [3.8, 4) is 0 Å². The number of aryl methyl sites for hydroxylation is 2. The van der Waals surface area contributed by atoms with Crippen LogP contribution in [0.1, 0.15) is 11.1 Å². The van der Waals surface area contributed by atoms with E-state index in [0.29, 0.717) is 5.52 Å². The van der Waals surface area contributed by atoms with Crippen LogP contribution in [-0.2, 0) is 13.2 Å². The van der Waals surface area contributed by atoms with Crippen LogP contribution >= 0.6 is 0 Å². The van der Waals surface area contributed by atoms with Crippen molar-refractivity contribution < 1.29 is 13.2 Å². The molecule has 0 aliphatic carbocycles. The van der Waals surface area contributed by atoms with Crippen LogP contribution in [0.25, 0.3) is 11.0 Å². The molecule has 0 bridgehead atoms. The fourth-order valence-electron chi connectivity index (χ4n) is 1.63. The number of imidazole rings is 1. The molecule has 0 spiro atoms. The maximum absolute atomic E-state index is 12.7. The largest absolute Gasteiger partial charge is 0.418 e. The van der Waals surface area contributed by atoms with Gasteiger partial charge in [0.25, 0.3) is 0 Å². The molecule has 0 fully saturated rings. The predicted octanol–water partition coefficient (Wildman–Crippen LogP) is 2.90. The monoisotopic (exact) mass is 214 g/mol. The Kier molecular flexibility index (Phi) is 1.99. The van der Waals surface area contributed by atoms with E-state index in [1.165, 1.54) is 17.0 Å². The number of benzene rings is 1. The number of alkyl halides is 3. The van der Waals surface area contributed by atoms with Crippen molar-refractivity contribution in [2.75, 3.05) is 0 Å². The highest BCUT2D eigenvalue weighted by Gasteiger charge is 2.34. The van der Waals surface area contributed by atoms with Crippen LogP contribution in [0.2, 0.25) is 0 Å². The second-order valence-electron chi connectivity index (χ2n) is 3.48. The van der Waals surface area contributed by atoms with Gasteiger partial charge in [-0.2, -0.15) is 13.2 Å². The van der Waals surface area contributed by atoms with Crippen molar-refractivity contribution in [1.82, 2.24) is 9.55 Å². The number of aromatic nitrogens is 2. The first kappa shape index (κ1) is 10.0. The summed E-state index contributed by atoms with van der Waals surface area (Å²) in [4.78, 5) is 3.95. The van der Waals surface area contributed by atoms with E-state index in [-0.39, 0.29) is 5.52 Å². The number of rotatable bonds is 0. The minimum Gasteiger partial charge on any atom is -0.333 e. The lowest BCUT2D eigenvalue weighted by molar-refractivity contribution is -0.136. The van der Waals surface area contributed by atoms with Gasteiger partial charge in [-0.3, -0.25) is 0 Å². The van der Waals surface area contributed by atoms with Crippen molar-refractivity contribution in [3.05, 3.63) is 29.6 Å². The standard InChI is InChI=1S/C10H9F3N2/c1-6-3-4-7(10(11,12)13)9-8(6)14-5-15(9)2/h3-5H,1-2H3. The number of nitrogens with zero attached hydrogens (tertiary/aromatic N) is 2. The first-order valence-corrected chi connectivity index (χ1v) is 4.39. The summed E-state index contributed by atoms with van der Waals surface area (Å²) in [5.41, 5.74) is 0.663.